The molecular weight excluding hydrogens is 300 g/mol. The number of rotatable bonds is 6. The molecule has 0 atom stereocenters. The molecule has 2 N–H and O–H groups in total. The highest BCUT2D eigenvalue weighted by atomic mass is 16.5. The molecule has 0 aromatic carbocycles. The summed E-state index contributed by atoms with van der Waals surface area (Å²) in [6, 6.07) is 1.70. The molecular formula is C15H22N4O4. The molecule has 8 heteroatoms. The highest BCUT2D eigenvalue weighted by Gasteiger charge is 2.19. The Morgan fingerprint density at radius 2 is 2.13 bits per heavy atom. The highest BCUT2D eigenvalue weighted by Crippen LogP contribution is 2.11. The van der Waals surface area contributed by atoms with Crippen molar-refractivity contribution < 1.29 is 18.7 Å². The van der Waals surface area contributed by atoms with Crippen molar-refractivity contribution in [2.24, 2.45) is 0 Å². The van der Waals surface area contributed by atoms with Gasteiger partial charge in [-0.25, -0.2) is 4.79 Å². The van der Waals surface area contributed by atoms with Crippen LogP contribution in [-0.2, 0) is 11.3 Å². The van der Waals surface area contributed by atoms with Gasteiger partial charge in [-0.3, -0.25) is 9.69 Å². The van der Waals surface area contributed by atoms with E-state index in [1.807, 2.05) is 0 Å². The Balaban J connectivity index is 1.43. The summed E-state index contributed by atoms with van der Waals surface area (Å²) in [6.07, 6.45) is 1.48. The highest BCUT2D eigenvalue weighted by molar-refractivity contribution is 5.94. The topological polar surface area (TPSA) is 87.1 Å². The van der Waals surface area contributed by atoms with E-state index in [1.165, 1.54) is 6.26 Å². The van der Waals surface area contributed by atoms with Crippen LogP contribution in [0.1, 0.15) is 16.1 Å². The lowest BCUT2D eigenvalue weighted by molar-refractivity contribution is 0.0313. The average Bonchev–Trinajstić information content (AvgIpc) is 3.18. The van der Waals surface area contributed by atoms with Gasteiger partial charge in [0.1, 0.15) is 12.0 Å². The molecule has 0 spiro atoms. The van der Waals surface area contributed by atoms with Gasteiger partial charge in [0.2, 0.25) is 0 Å². The predicted molar refractivity (Wildman–Crippen MR) is 82.1 cm³/mol. The fourth-order valence-corrected chi connectivity index (χ4v) is 2.69. The number of nitrogens with zero attached hydrogens (tertiary/aromatic N) is 2. The van der Waals surface area contributed by atoms with Crippen molar-refractivity contribution in [3.63, 3.8) is 0 Å². The Morgan fingerprint density at radius 1 is 1.30 bits per heavy atom. The first kappa shape index (κ1) is 15.8. The number of morpholine rings is 1. The second-order valence-electron chi connectivity index (χ2n) is 5.67. The van der Waals surface area contributed by atoms with Gasteiger partial charge < -0.3 is 24.7 Å². The molecule has 1 aromatic heterocycles. The van der Waals surface area contributed by atoms with Crippen LogP contribution in [-0.4, -0.2) is 74.2 Å². The summed E-state index contributed by atoms with van der Waals surface area (Å²) in [5.41, 5.74) is 0.513. The van der Waals surface area contributed by atoms with Gasteiger partial charge in [0.25, 0.3) is 5.91 Å². The summed E-state index contributed by atoms with van der Waals surface area (Å²) in [7, 11) is 0. The molecule has 0 aliphatic carbocycles. The maximum absolute atomic E-state index is 12.1. The normalized spacial score (nSPS) is 19.0. The van der Waals surface area contributed by atoms with Crippen LogP contribution in [0, 0.1) is 0 Å². The van der Waals surface area contributed by atoms with Crippen LogP contribution in [0.3, 0.4) is 0 Å². The molecule has 1 aromatic rings. The first-order valence-corrected chi connectivity index (χ1v) is 7.91. The van der Waals surface area contributed by atoms with E-state index >= 15 is 0 Å². The van der Waals surface area contributed by atoms with E-state index in [1.54, 1.807) is 11.0 Å². The standard InChI is InChI=1S/C15H22N4O4/c20-14(16-1-3-19-4-2-17-15(19)21)12-9-13(23-11-12)10-18-5-7-22-8-6-18/h9,11H,1-8,10H2,(H,16,20)(H,17,21). The fraction of sp³-hybridized carbons (Fsp3) is 0.600. The quantitative estimate of drug-likeness (QED) is 0.762. The van der Waals surface area contributed by atoms with Gasteiger partial charge in [-0.2, -0.15) is 0 Å². The number of ether oxygens (including phenoxy) is 1. The van der Waals surface area contributed by atoms with Crippen molar-refractivity contribution in [1.82, 2.24) is 20.4 Å². The van der Waals surface area contributed by atoms with Crippen LogP contribution in [0.2, 0.25) is 0 Å². The molecule has 0 saturated carbocycles. The second-order valence-corrected chi connectivity index (χ2v) is 5.67. The summed E-state index contributed by atoms with van der Waals surface area (Å²) in [5.74, 6) is 0.595. The van der Waals surface area contributed by atoms with Crippen LogP contribution in [0.4, 0.5) is 4.79 Å². The maximum atomic E-state index is 12.1. The van der Waals surface area contributed by atoms with E-state index in [2.05, 4.69) is 15.5 Å². The molecule has 0 bridgehead atoms. The molecule has 2 saturated heterocycles. The van der Waals surface area contributed by atoms with Crippen LogP contribution >= 0.6 is 0 Å². The van der Waals surface area contributed by atoms with Gasteiger partial charge >= 0.3 is 6.03 Å². The molecule has 2 aliphatic rings. The van der Waals surface area contributed by atoms with E-state index in [9.17, 15) is 9.59 Å². The van der Waals surface area contributed by atoms with Crippen molar-refractivity contribution in [3.05, 3.63) is 23.7 Å². The number of furan rings is 1. The molecule has 3 rings (SSSR count). The monoisotopic (exact) mass is 322 g/mol. The maximum Gasteiger partial charge on any atom is 0.317 e. The smallest absolute Gasteiger partial charge is 0.317 e. The molecule has 2 fully saturated rings. The molecule has 2 aliphatic heterocycles. The van der Waals surface area contributed by atoms with Crippen molar-refractivity contribution in [3.8, 4) is 0 Å². The van der Waals surface area contributed by atoms with E-state index < -0.39 is 0 Å². The minimum Gasteiger partial charge on any atom is -0.467 e. The minimum atomic E-state index is -0.179. The summed E-state index contributed by atoms with van der Waals surface area (Å²) >= 11 is 0. The summed E-state index contributed by atoms with van der Waals surface area (Å²) in [5, 5.41) is 5.54. The van der Waals surface area contributed by atoms with Crippen LogP contribution in [0.5, 0.6) is 0 Å². The van der Waals surface area contributed by atoms with Gasteiger partial charge in [0, 0.05) is 39.3 Å². The number of hydrogen-bond acceptors (Lipinski definition) is 5. The Kier molecular flexibility index (Phi) is 5.14. The molecule has 0 radical (unpaired) electrons. The van der Waals surface area contributed by atoms with Crippen molar-refractivity contribution in [2.75, 3.05) is 52.5 Å². The van der Waals surface area contributed by atoms with Gasteiger partial charge in [0.15, 0.2) is 0 Å². The SMILES string of the molecule is O=C(NCCN1CCNC1=O)c1coc(CN2CCOCC2)c1. The summed E-state index contributed by atoms with van der Waals surface area (Å²) in [4.78, 5) is 27.4. The number of carbonyl (C=O) groups is 2. The Morgan fingerprint density at radius 3 is 2.87 bits per heavy atom. The van der Waals surface area contributed by atoms with E-state index in [-0.39, 0.29) is 11.9 Å². The van der Waals surface area contributed by atoms with Crippen LogP contribution in [0.25, 0.3) is 0 Å². The minimum absolute atomic E-state index is 0.0737. The molecule has 0 unspecified atom stereocenters. The Labute approximate surface area is 134 Å². The van der Waals surface area contributed by atoms with Crippen molar-refractivity contribution in [1.29, 1.82) is 0 Å². The van der Waals surface area contributed by atoms with Crippen molar-refractivity contribution in [2.45, 2.75) is 6.54 Å². The largest absolute Gasteiger partial charge is 0.467 e. The van der Waals surface area contributed by atoms with Gasteiger partial charge in [-0.05, 0) is 6.07 Å². The van der Waals surface area contributed by atoms with E-state index in [0.717, 1.165) is 32.1 Å². The zero-order valence-corrected chi connectivity index (χ0v) is 13.0. The second kappa shape index (κ2) is 7.47. The number of carbonyl (C=O) groups excluding carboxylic acids is 2. The summed E-state index contributed by atoms with van der Waals surface area (Å²) < 4.78 is 10.8. The number of nitrogens with one attached hydrogen (secondary N) is 2. The third-order valence-electron chi connectivity index (χ3n) is 4.01. The molecule has 3 heterocycles. The molecule has 126 valence electrons. The van der Waals surface area contributed by atoms with Crippen LogP contribution in [0.15, 0.2) is 16.7 Å². The first-order chi connectivity index (χ1) is 11.2. The van der Waals surface area contributed by atoms with E-state index in [4.69, 9.17) is 9.15 Å². The fourth-order valence-electron chi connectivity index (χ4n) is 2.69. The lowest BCUT2D eigenvalue weighted by Crippen LogP contribution is -2.36. The zero-order chi connectivity index (χ0) is 16.1. The predicted octanol–water partition coefficient (Wildman–Crippen LogP) is -0.133. The lowest BCUT2D eigenvalue weighted by atomic mass is 10.2. The lowest BCUT2D eigenvalue weighted by Gasteiger charge is -2.25. The van der Waals surface area contributed by atoms with Crippen molar-refractivity contribution >= 4 is 11.9 Å². The molecule has 3 amide bonds. The molecule has 23 heavy (non-hydrogen) atoms. The zero-order valence-electron chi connectivity index (χ0n) is 13.0. The van der Waals surface area contributed by atoms with Gasteiger partial charge in [-0.1, -0.05) is 0 Å². The van der Waals surface area contributed by atoms with Gasteiger partial charge in [-0.15, -0.1) is 0 Å². The third-order valence-corrected chi connectivity index (χ3v) is 4.01. The molecule has 8 nitrogen and oxygen atoms in total. The van der Waals surface area contributed by atoms with Gasteiger partial charge in [0.05, 0.1) is 25.3 Å². The number of amides is 3. The number of hydrogen-bond donors (Lipinski definition) is 2. The Bertz CT molecular complexity index is 553. The summed E-state index contributed by atoms with van der Waals surface area (Å²) in [6.45, 7) is 6.19. The Hall–Kier alpha value is -2.06. The first-order valence-electron chi connectivity index (χ1n) is 7.91. The van der Waals surface area contributed by atoms with Crippen LogP contribution < -0.4 is 10.6 Å². The number of urea groups is 1. The third kappa shape index (κ3) is 4.23. The average molecular weight is 322 g/mol. The van der Waals surface area contributed by atoms with E-state index in [0.29, 0.717) is 38.3 Å².